The zero-order chi connectivity index (χ0) is 17.1. The first-order valence-electron chi connectivity index (χ1n) is 8.71. The van der Waals surface area contributed by atoms with Crippen LogP contribution >= 0.6 is 0 Å². The summed E-state index contributed by atoms with van der Waals surface area (Å²) in [5, 5.41) is 8.73. The minimum Gasteiger partial charge on any atom is -0.478 e. The number of hydrogen-bond acceptors (Lipinski definition) is 1. The lowest BCUT2D eigenvalue weighted by atomic mass is 9.72. The predicted molar refractivity (Wildman–Crippen MR) is 96.3 cm³/mol. The number of carbonyl (C=O) groups is 1. The summed E-state index contributed by atoms with van der Waals surface area (Å²) >= 11 is 0. The second-order valence-corrected chi connectivity index (χ2v) is 7.96. The minimum atomic E-state index is -0.880. The van der Waals surface area contributed by atoms with Gasteiger partial charge in [-0.1, -0.05) is 43.7 Å². The Morgan fingerprint density at radius 3 is 2.52 bits per heavy atom. The van der Waals surface area contributed by atoms with Gasteiger partial charge >= 0.3 is 5.97 Å². The third-order valence-electron chi connectivity index (χ3n) is 5.29. The first-order chi connectivity index (χ1) is 10.7. The Bertz CT molecular complexity index is 581. The molecule has 0 bridgehead atoms. The van der Waals surface area contributed by atoms with Crippen molar-refractivity contribution in [2.45, 2.75) is 66.2 Å². The summed E-state index contributed by atoms with van der Waals surface area (Å²) in [7, 11) is 0. The maximum absolute atomic E-state index is 10.6. The van der Waals surface area contributed by atoms with Crippen LogP contribution in [0.25, 0.3) is 0 Å². The molecule has 2 heteroatoms. The molecule has 0 atom stereocenters. The highest BCUT2D eigenvalue weighted by molar-refractivity contribution is 5.81. The third kappa shape index (κ3) is 4.95. The van der Waals surface area contributed by atoms with Crippen LogP contribution in [0.3, 0.4) is 0 Å². The molecular weight excluding hydrogens is 284 g/mol. The van der Waals surface area contributed by atoms with Crippen molar-refractivity contribution < 1.29 is 9.90 Å². The molecular formula is C21H30O2. The average molecular weight is 314 g/mol. The predicted octanol–water partition coefficient (Wildman–Crippen LogP) is 5.83. The molecule has 1 fully saturated rings. The lowest BCUT2D eigenvalue weighted by molar-refractivity contribution is -0.131. The van der Waals surface area contributed by atoms with Gasteiger partial charge in [0, 0.05) is 6.08 Å². The van der Waals surface area contributed by atoms with Gasteiger partial charge in [0.15, 0.2) is 0 Å². The van der Waals surface area contributed by atoms with Crippen LogP contribution in [0, 0.1) is 10.8 Å². The van der Waals surface area contributed by atoms with Crippen molar-refractivity contribution in [3.05, 3.63) is 47.1 Å². The summed E-state index contributed by atoms with van der Waals surface area (Å²) in [6.07, 6.45) is 17.4. The Hall–Kier alpha value is -1.57. The zero-order valence-corrected chi connectivity index (χ0v) is 15.0. The topological polar surface area (TPSA) is 37.3 Å². The van der Waals surface area contributed by atoms with Crippen molar-refractivity contribution >= 4 is 5.97 Å². The van der Waals surface area contributed by atoms with E-state index < -0.39 is 5.97 Å². The summed E-state index contributed by atoms with van der Waals surface area (Å²) in [5.74, 6) is -0.880. The van der Waals surface area contributed by atoms with Gasteiger partial charge in [-0.25, -0.2) is 4.79 Å². The van der Waals surface area contributed by atoms with Gasteiger partial charge in [0.05, 0.1) is 0 Å². The normalized spacial score (nSPS) is 23.7. The van der Waals surface area contributed by atoms with E-state index in [-0.39, 0.29) is 0 Å². The van der Waals surface area contributed by atoms with Crippen LogP contribution < -0.4 is 0 Å². The van der Waals surface area contributed by atoms with Crippen molar-refractivity contribution in [2.24, 2.45) is 10.8 Å². The van der Waals surface area contributed by atoms with Crippen molar-refractivity contribution in [1.29, 1.82) is 0 Å². The van der Waals surface area contributed by atoms with Gasteiger partial charge in [-0.3, -0.25) is 0 Å². The van der Waals surface area contributed by atoms with E-state index in [2.05, 4.69) is 39.0 Å². The lowest BCUT2D eigenvalue weighted by Crippen LogP contribution is -2.19. The Labute approximate surface area is 140 Å². The van der Waals surface area contributed by atoms with Gasteiger partial charge in [0.2, 0.25) is 0 Å². The van der Waals surface area contributed by atoms with Gasteiger partial charge in [-0.2, -0.15) is 0 Å². The zero-order valence-electron chi connectivity index (χ0n) is 15.0. The van der Waals surface area contributed by atoms with Gasteiger partial charge in [0.1, 0.15) is 0 Å². The van der Waals surface area contributed by atoms with Crippen LogP contribution in [0.5, 0.6) is 0 Å². The van der Waals surface area contributed by atoms with Crippen LogP contribution in [-0.4, -0.2) is 11.1 Å². The molecule has 2 aliphatic carbocycles. The van der Waals surface area contributed by atoms with Crippen LogP contribution in [0.2, 0.25) is 0 Å². The number of rotatable bonds is 6. The van der Waals surface area contributed by atoms with E-state index in [1.165, 1.54) is 43.8 Å². The number of hydrogen-bond donors (Lipinski definition) is 1. The molecule has 0 saturated heterocycles. The molecule has 0 heterocycles. The number of allylic oxidation sites excluding steroid dienone is 7. The SMILES string of the molecule is CC(C=CCC1(C=CC2=C(C)CCCC2(C)C)CC1)=CC(=O)O. The first-order valence-corrected chi connectivity index (χ1v) is 8.71. The molecule has 2 aliphatic rings. The van der Waals surface area contributed by atoms with Crippen LogP contribution in [0.4, 0.5) is 0 Å². The van der Waals surface area contributed by atoms with E-state index in [1.54, 1.807) is 5.57 Å². The van der Waals surface area contributed by atoms with Gasteiger partial charge in [-0.05, 0) is 74.3 Å². The van der Waals surface area contributed by atoms with Gasteiger partial charge < -0.3 is 5.11 Å². The Morgan fingerprint density at radius 2 is 1.96 bits per heavy atom. The molecule has 2 rings (SSSR count). The molecule has 0 radical (unpaired) electrons. The molecule has 1 N–H and O–H groups in total. The first kappa shape index (κ1) is 17.8. The maximum atomic E-state index is 10.6. The van der Waals surface area contributed by atoms with E-state index in [4.69, 9.17) is 5.11 Å². The highest BCUT2D eigenvalue weighted by Gasteiger charge is 2.39. The second-order valence-electron chi connectivity index (χ2n) is 7.96. The summed E-state index contributed by atoms with van der Waals surface area (Å²) < 4.78 is 0. The highest BCUT2D eigenvalue weighted by Crippen LogP contribution is 2.51. The molecule has 23 heavy (non-hydrogen) atoms. The molecule has 1 saturated carbocycles. The fraction of sp³-hybridized carbons (Fsp3) is 0.571. The highest BCUT2D eigenvalue weighted by atomic mass is 16.4. The fourth-order valence-corrected chi connectivity index (χ4v) is 3.59. The second kappa shape index (κ2) is 6.90. The monoisotopic (exact) mass is 314 g/mol. The number of aliphatic carboxylic acids is 1. The summed E-state index contributed by atoms with van der Waals surface area (Å²) in [6.45, 7) is 8.82. The molecule has 0 aliphatic heterocycles. The largest absolute Gasteiger partial charge is 0.478 e. The number of carboxylic acid groups (broad SMARTS) is 1. The van der Waals surface area contributed by atoms with Crippen LogP contribution in [0.15, 0.2) is 47.1 Å². The van der Waals surface area contributed by atoms with Gasteiger partial charge in [0.25, 0.3) is 0 Å². The van der Waals surface area contributed by atoms with E-state index in [9.17, 15) is 4.79 Å². The Kier molecular flexibility index (Phi) is 5.33. The smallest absolute Gasteiger partial charge is 0.328 e. The molecule has 2 nitrogen and oxygen atoms in total. The standard InChI is InChI=1S/C21H30O2/c1-16(15-19(22)23)7-5-11-21(13-14-21)12-9-18-17(2)8-6-10-20(18,3)4/h5,7,9,12,15H,6,8,10-11,13-14H2,1-4H3,(H,22,23). The van der Waals surface area contributed by atoms with Crippen LogP contribution in [-0.2, 0) is 4.79 Å². The van der Waals surface area contributed by atoms with E-state index in [1.807, 2.05) is 13.0 Å². The van der Waals surface area contributed by atoms with Crippen molar-refractivity contribution in [3.8, 4) is 0 Å². The molecule has 0 amide bonds. The Balaban J connectivity index is 2.02. The quantitative estimate of drug-likeness (QED) is 0.495. The Morgan fingerprint density at radius 1 is 1.26 bits per heavy atom. The van der Waals surface area contributed by atoms with E-state index in [0.717, 1.165) is 12.0 Å². The fourth-order valence-electron chi connectivity index (χ4n) is 3.59. The number of carboxylic acids is 1. The maximum Gasteiger partial charge on any atom is 0.328 e. The van der Waals surface area contributed by atoms with E-state index in [0.29, 0.717) is 10.8 Å². The molecule has 0 spiro atoms. The van der Waals surface area contributed by atoms with E-state index >= 15 is 0 Å². The summed E-state index contributed by atoms with van der Waals surface area (Å²) in [6, 6.07) is 0. The molecule has 0 unspecified atom stereocenters. The molecule has 0 aromatic rings. The van der Waals surface area contributed by atoms with Gasteiger partial charge in [-0.15, -0.1) is 0 Å². The molecule has 0 aromatic heterocycles. The van der Waals surface area contributed by atoms with Crippen molar-refractivity contribution in [3.63, 3.8) is 0 Å². The average Bonchev–Trinajstić information content (AvgIpc) is 3.16. The summed E-state index contributed by atoms with van der Waals surface area (Å²) in [4.78, 5) is 10.6. The molecule has 126 valence electrons. The van der Waals surface area contributed by atoms with Crippen molar-refractivity contribution in [1.82, 2.24) is 0 Å². The van der Waals surface area contributed by atoms with Crippen LogP contribution in [0.1, 0.15) is 66.2 Å². The molecule has 0 aromatic carbocycles. The van der Waals surface area contributed by atoms with Crippen molar-refractivity contribution in [2.75, 3.05) is 0 Å². The summed E-state index contributed by atoms with van der Waals surface area (Å²) in [5.41, 5.74) is 4.47. The third-order valence-corrected chi connectivity index (χ3v) is 5.29. The lowest BCUT2D eigenvalue weighted by Gasteiger charge is -2.33. The minimum absolute atomic E-state index is 0.297.